The fourth-order valence-corrected chi connectivity index (χ4v) is 3.51. The number of aliphatic hydroxyl groups is 1. The Balaban J connectivity index is 0.000000410. The maximum Gasteiger partial charge on any atom is 0.180 e. The summed E-state index contributed by atoms with van der Waals surface area (Å²) in [6.45, 7) is 0.553. The summed E-state index contributed by atoms with van der Waals surface area (Å²) in [5.41, 5.74) is 0. The van der Waals surface area contributed by atoms with Crippen LogP contribution in [0, 0.1) is 0 Å². The zero-order chi connectivity index (χ0) is 20.3. The Morgan fingerprint density at radius 3 is 1.48 bits per heavy atom. The van der Waals surface area contributed by atoms with Crippen molar-refractivity contribution in [3.63, 3.8) is 0 Å². The molecule has 2 rings (SSSR count). The molecule has 2 aliphatic rings. The van der Waals surface area contributed by atoms with Gasteiger partial charge in [0.1, 0.15) is 0 Å². The van der Waals surface area contributed by atoms with Gasteiger partial charge in [0.15, 0.2) is 12.6 Å². The highest BCUT2D eigenvalue weighted by atomic mass is 79.9. The summed E-state index contributed by atoms with van der Waals surface area (Å²) in [6, 6.07) is 0. The summed E-state index contributed by atoms with van der Waals surface area (Å²) in [5.74, 6) is 0. The van der Waals surface area contributed by atoms with Gasteiger partial charge in [0.2, 0.25) is 0 Å². The Morgan fingerprint density at radius 1 is 0.741 bits per heavy atom. The van der Waals surface area contributed by atoms with Crippen LogP contribution >= 0.6 is 15.9 Å². The molecule has 0 aromatic rings. The zero-order valence-corrected chi connectivity index (χ0v) is 19.2. The molecule has 0 bridgehead atoms. The van der Waals surface area contributed by atoms with Crippen LogP contribution in [0.3, 0.4) is 0 Å². The van der Waals surface area contributed by atoms with Crippen LogP contribution in [0.2, 0.25) is 0 Å². The highest BCUT2D eigenvalue weighted by Gasteiger charge is 2.15. The number of aliphatic hydroxyl groups excluding tert-OH is 1. The van der Waals surface area contributed by atoms with Crippen LogP contribution in [0.25, 0.3) is 0 Å². The Morgan fingerprint density at radius 2 is 1.19 bits per heavy atom. The first kappa shape index (κ1) is 27.2. The number of rotatable bonds is 8. The molecule has 0 radical (unpaired) electrons. The van der Waals surface area contributed by atoms with Crippen molar-refractivity contribution in [1.82, 2.24) is 0 Å². The molecule has 164 valence electrons. The molecule has 2 fully saturated rings. The lowest BCUT2D eigenvalue weighted by Gasteiger charge is -2.23. The molecule has 0 amide bonds. The standard InChI is InChI=1S/C10H20O3.C6H12O.C4H9BrO2/c1-11-10(12-2)8-13-9-6-4-3-5-7-9;7-6-4-2-1-3-5-6;1-6-4(3-5)7-2/h9-10H,3-8H2,1-2H3;6-7H,1-5H2;4H,3H2,1-2H3. The van der Waals surface area contributed by atoms with Gasteiger partial charge in [-0.15, -0.1) is 0 Å². The molecule has 1 N–H and O–H groups in total. The van der Waals surface area contributed by atoms with Gasteiger partial charge in [-0.05, 0) is 25.7 Å². The van der Waals surface area contributed by atoms with E-state index in [0.29, 0.717) is 12.7 Å². The van der Waals surface area contributed by atoms with Crippen LogP contribution in [0.1, 0.15) is 64.2 Å². The minimum Gasteiger partial charge on any atom is -0.393 e. The highest BCUT2D eigenvalue weighted by molar-refractivity contribution is 9.09. The van der Waals surface area contributed by atoms with Crippen molar-refractivity contribution < 1.29 is 28.8 Å². The van der Waals surface area contributed by atoms with Gasteiger partial charge in [-0.1, -0.05) is 54.5 Å². The SMILES string of the molecule is COC(CBr)OC.COC(COC1CCCCC1)OC.OC1CCCCC1. The number of hydrogen-bond donors (Lipinski definition) is 1. The molecular weight excluding hydrogens is 416 g/mol. The Hall–Kier alpha value is 0.240. The van der Waals surface area contributed by atoms with E-state index in [1.54, 1.807) is 28.4 Å². The van der Waals surface area contributed by atoms with Crippen LogP contribution in [0.15, 0.2) is 0 Å². The first-order valence-electron chi connectivity index (χ1n) is 10.1. The first-order chi connectivity index (χ1) is 13.1. The molecular formula is C20H41BrO6. The maximum absolute atomic E-state index is 8.91. The number of ether oxygens (including phenoxy) is 5. The number of alkyl halides is 1. The topological polar surface area (TPSA) is 66.4 Å². The molecule has 2 saturated carbocycles. The van der Waals surface area contributed by atoms with E-state index in [1.165, 1.54) is 51.4 Å². The van der Waals surface area contributed by atoms with Crippen molar-refractivity contribution in [2.75, 3.05) is 40.4 Å². The third-order valence-corrected chi connectivity index (χ3v) is 5.30. The van der Waals surface area contributed by atoms with Gasteiger partial charge in [-0.2, -0.15) is 0 Å². The monoisotopic (exact) mass is 456 g/mol. The number of hydrogen-bond acceptors (Lipinski definition) is 6. The Labute approximate surface area is 174 Å². The lowest BCUT2D eigenvalue weighted by atomic mass is 9.98. The lowest BCUT2D eigenvalue weighted by molar-refractivity contribution is -0.154. The summed E-state index contributed by atoms with van der Waals surface area (Å²) in [4.78, 5) is 0. The minimum absolute atomic E-state index is 0.0359. The van der Waals surface area contributed by atoms with Crippen LogP contribution in [0.5, 0.6) is 0 Å². The predicted molar refractivity (Wildman–Crippen MR) is 111 cm³/mol. The highest BCUT2D eigenvalue weighted by Crippen LogP contribution is 2.20. The van der Waals surface area contributed by atoms with Crippen molar-refractivity contribution in [3.8, 4) is 0 Å². The molecule has 0 atom stereocenters. The van der Waals surface area contributed by atoms with Crippen molar-refractivity contribution in [3.05, 3.63) is 0 Å². The Bertz CT molecular complexity index is 283. The molecule has 0 aliphatic heterocycles. The van der Waals surface area contributed by atoms with Gasteiger partial charge in [0, 0.05) is 28.4 Å². The summed E-state index contributed by atoms with van der Waals surface area (Å²) in [5, 5.41) is 9.63. The fraction of sp³-hybridized carbons (Fsp3) is 1.00. The molecule has 6 nitrogen and oxygen atoms in total. The minimum atomic E-state index is -0.207. The zero-order valence-electron chi connectivity index (χ0n) is 17.7. The van der Waals surface area contributed by atoms with E-state index in [1.807, 2.05) is 0 Å². The molecule has 0 aromatic heterocycles. The smallest absolute Gasteiger partial charge is 0.180 e. The average Bonchev–Trinajstić information content (AvgIpc) is 2.72. The molecule has 0 heterocycles. The largest absolute Gasteiger partial charge is 0.393 e. The second kappa shape index (κ2) is 19.6. The quantitative estimate of drug-likeness (QED) is 0.434. The lowest BCUT2D eigenvalue weighted by Crippen LogP contribution is -2.26. The van der Waals surface area contributed by atoms with Crippen molar-refractivity contribution in [2.45, 2.75) is 89.0 Å². The summed E-state index contributed by atoms with van der Waals surface area (Å²) < 4.78 is 25.3. The van der Waals surface area contributed by atoms with Crippen LogP contribution < -0.4 is 0 Å². The molecule has 2 aliphatic carbocycles. The van der Waals surface area contributed by atoms with E-state index in [0.717, 1.165) is 18.2 Å². The van der Waals surface area contributed by atoms with E-state index >= 15 is 0 Å². The van der Waals surface area contributed by atoms with E-state index in [2.05, 4.69) is 15.9 Å². The first-order valence-corrected chi connectivity index (χ1v) is 11.2. The summed E-state index contributed by atoms with van der Waals surface area (Å²) in [6.07, 6.45) is 12.4. The molecule has 0 aromatic carbocycles. The van der Waals surface area contributed by atoms with E-state index < -0.39 is 0 Å². The molecule has 0 spiro atoms. The Kier molecular flexibility index (Phi) is 19.7. The third kappa shape index (κ3) is 15.8. The van der Waals surface area contributed by atoms with E-state index in [4.69, 9.17) is 28.8 Å². The van der Waals surface area contributed by atoms with Crippen molar-refractivity contribution in [1.29, 1.82) is 0 Å². The predicted octanol–water partition coefficient (Wildman–Crippen LogP) is 4.27. The van der Waals surface area contributed by atoms with Crippen molar-refractivity contribution >= 4 is 15.9 Å². The van der Waals surface area contributed by atoms with Gasteiger partial charge >= 0.3 is 0 Å². The van der Waals surface area contributed by atoms with Gasteiger partial charge in [-0.25, -0.2) is 0 Å². The van der Waals surface area contributed by atoms with E-state index in [-0.39, 0.29) is 18.7 Å². The maximum atomic E-state index is 8.91. The number of halogens is 1. The summed E-state index contributed by atoms with van der Waals surface area (Å²) >= 11 is 3.19. The van der Waals surface area contributed by atoms with Gasteiger partial charge < -0.3 is 28.8 Å². The van der Waals surface area contributed by atoms with Crippen LogP contribution in [-0.4, -0.2) is 70.3 Å². The van der Waals surface area contributed by atoms with Gasteiger partial charge in [0.25, 0.3) is 0 Å². The molecule has 27 heavy (non-hydrogen) atoms. The molecule has 0 unspecified atom stereocenters. The van der Waals surface area contributed by atoms with Crippen LogP contribution in [0.4, 0.5) is 0 Å². The fourth-order valence-electron chi connectivity index (χ4n) is 2.98. The normalized spacial score (nSPS) is 18.7. The molecule has 7 heteroatoms. The van der Waals surface area contributed by atoms with Gasteiger partial charge in [-0.3, -0.25) is 0 Å². The van der Waals surface area contributed by atoms with Crippen LogP contribution in [-0.2, 0) is 23.7 Å². The van der Waals surface area contributed by atoms with E-state index in [9.17, 15) is 0 Å². The second-order valence-electron chi connectivity index (χ2n) is 6.84. The average molecular weight is 457 g/mol. The number of methoxy groups -OCH3 is 4. The summed E-state index contributed by atoms with van der Waals surface area (Å²) in [7, 11) is 6.49. The molecule has 0 saturated heterocycles. The van der Waals surface area contributed by atoms with Gasteiger partial charge in [0.05, 0.1) is 24.1 Å². The third-order valence-electron chi connectivity index (χ3n) is 4.77. The van der Waals surface area contributed by atoms with Crippen molar-refractivity contribution in [2.24, 2.45) is 0 Å². The second-order valence-corrected chi connectivity index (χ2v) is 7.49.